The van der Waals surface area contributed by atoms with Gasteiger partial charge in [-0.05, 0) is 54.0 Å². The minimum atomic E-state index is -0.574. The molecule has 2 fully saturated rings. The highest BCUT2D eigenvalue weighted by Gasteiger charge is 2.38. The third kappa shape index (κ3) is 6.57. The van der Waals surface area contributed by atoms with Gasteiger partial charge in [0.15, 0.2) is 0 Å². The maximum atomic E-state index is 15.5. The summed E-state index contributed by atoms with van der Waals surface area (Å²) in [4.78, 5) is 39.2. The topological polar surface area (TPSA) is 74.8 Å². The number of para-hydroxylation sites is 1. The zero-order chi connectivity index (χ0) is 34.7. The van der Waals surface area contributed by atoms with Crippen LogP contribution in [0.2, 0.25) is 0 Å². The van der Waals surface area contributed by atoms with Gasteiger partial charge in [0.25, 0.3) is 5.91 Å². The van der Waals surface area contributed by atoms with Crippen molar-refractivity contribution < 1.29 is 14.3 Å². The Morgan fingerprint density at radius 1 is 0.824 bits per heavy atom. The number of imide groups is 1. The Labute approximate surface area is 300 Å². The zero-order valence-electron chi connectivity index (χ0n) is 29.4. The Morgan fingerprint density at radius 3 is 2.16 bits per heavy atom. The van der Waals surface area contributed by atoms with Gasteiger partial charge >= 0.3 is 6.09 Å². The van der Waals surface area contributed by atoms with E-state index in [0.29, 0.717) is 12.1 Å². The molecule has 260 valence electrons. The van der Waals surface area contributed by atoms with Gasteiger partial charge in [0.2, 0.25) is 0 Å². The number of rotatable bonds is 8. The summed E-state index contributed by atoms with van der Waals surface area (Å²) in [6.07, 6.45) is 4.80. The molecule has 51 heavy (non-hydrogen) atoms. The quantitative estimate of drug-likeness (QED) is 0.177. The third-order valence-electron chi connectivity index (χ3n) is 11.3. The van der Waals surface area contributed by atoms with Crippen LogP contribution in [0.3, 0.4) is 0 Å². The van der Waals surface area contributed by atoms with Crippen molar-refractivity contribution in [3.8, 4) is 22.4 Å². The van der Waals surface area contributed by atoms with Gasteiger partial charge in [-0.2, -0.15) is 0 Å². The van der Waals surface area contributed by atoms with Crippen LogP contribution in [0.4, 0.5) is 4.79 Å². The number of aromatic nitrogens is 1. The molecule has 3 aliphatic rings. The van der Waals surface area contributed by atoms with Crippen LogP contribution < -0.4 is 5.32 Å². The molecule has 0 spiro atoms. The lowest BCUT2D eigenvalue weighted by Crippen LogP contribution is -2.48. The van der Waals surface area contributed by atoms with E-state index < -0.39 is 6.09 Å². The van der Waals surface area contributed by atoms with Crippen molar-refractivity contribution in [2.75, 3.05) is 32.8 Å². The number of ether oxygens (including phenoxy) is 1. The summed E-state index contributed by atoms with van der Waals surface area (Å²) in [6.45, 7) is 6.26. The van der Waals surface area contributed by atoms with Crippen molar-refractivity contribution in [1.82, 2.24) is 20.1 Å². The summed E-state index contributed by atoms with van der Waals surface area (Å²) in [5.41, 5.74) is 8.53. The number of hydrogen-bond donors (Lipinski definition) is 1. The lowest BCUT2D eigenvalue weighted by Gasteiger charge is -2.36. The fraction of sp³-hybridized carbons (Fsp3) is 0.341. The van der Waals surface area contributed by atoms with Gasteiger partial charge in [-0.3, -0.25) is 9.69 Å². The molecule has 0 bridgehead atoms. The smallest absolute Gasteiger partial charge is 0.417 e. The Kier molecular flexibility index (Phi) is 9.66. The predicted molar refractivity (Wildman–Crippen MR) is 203 cm³/mol. The molecule has 0 radical (unpaired) electrons. The summed E-state index contributed by atoms with van der Waals surface area (Å²) in [6, 6.07) is 34.4. The first-order valence-electron chi connectivity index (χ1n) is 18.7. The first-order chi connectivity index (χ1) is 25.1. The number of benzene rings is 4. The highest BCUT2D eigenvalue weighted by atomic mass is 16.6. The largest absolute Gasteiger partial charge is 0.448 e. The van der Waals surface area contributed by atoms with E-state index in [0.717, 1.165) is 90.7 Å². The minimum absolute atomic E-state index is 0.0991. The lowest BCUT2D eigenvalue weighted by molar-refractivity contribution is 0.0483. The van der Waals surface area contributed by atoms with Crippen LogP contribution in [-0.4, -0.2) is 65.6 Å². The highest BCUT2D eigenvalue weighted by Crippen LogP contribution is 2.45. The van der Waals surface area contributed by atoms with Gasteiger partial charge in [0.05, 0.1) is 16.8 Å². The first kappa shape index (κ1) is 33.3. The summed E-state index contributed by atoms with van der Waals surface area (Å²) in [5, 5.41) is 4.22. The van der Waals surface area contributed by atoms with Gasteiger partial charge in [-0.25, -0.2) is 14.7 Å². The van der Waals surface area contributed by atoms with Crippen molar-refractivity contribution in [2.24, 2.45) is 5.92 Å². The molecule has 8 rings (SSSR count). The van der Waals surface area contributed by atoms with E-state index in [1.807, 2.05) is 61.5 Å². The molecule has 7 nitrogen and oxygen atoms in total. The van der Waals surface area contributed by atoms with Crippen LogP contribution in [-0.2, 0) is 11.3 Å². The Balaban J connectivity index is 1.22. The van der Waals surface area contributed by atoms with Gasteiger partial charge in [0.1, 0.15) is 6.61 Å². The normalized spacial score (nSPS) is 17.1. The molecule has 0 unspecified atom stereocenters. The molecule has 1 saturated heterocycles. The Morgan fingerprint density at radius 2 is 1.45 bits per heavy atom. The lowest BCUT2D eigenvalue weighted by atomic mass is 9.83. The van der Waals surface area contributed by atoms with Crippen LogP contribution in [0.25, 0.3) is 33.3 Å². The Hall–Kier alpha value is -4.85. The predicted octanol–water partition coefficient (Wildman–Crippen LogP) is 8.67. The molecule has 5 aromatic rings. The van der Waals surface area contributed by atoms with Crippen molar-refractivity contribution in [1.29, 1.82) is 0 Å². The summed E-state index contributed by atoms with van der Waals surface area (Å²) < 4.78 is 6.31. The van der Waals surface area contributed by atoms with Crippen molar-refractivity contribution in [2.45, 2.75) is 57.5 Å². The van der Waals surface area contributed by atoms with Crippen LogP contribution in [0.5, 0.6) is 0 Å². The fourth-order valence-corrected chi connectivity index (χ4v) is 8.62. The number of pyridine rings is 1. The molecule has 1 aromatic heterocycles. The van der Waals surface area contributed by atoms with E-state index in [4.69, 9.17) is 9.72 Å². The number of fused-ring (bicyclic) bond motifs is 4. The molecule has 2 heterocycles. The molecule has 1 atom stereocenters. The monoisotopic (exact) mass is 678 g/mol. The number of amides is 2. The second kappa shape index (κ2) is 14.8. The number of piperazine rings is 1. The number of carbonyl (C=O) groups excluding carboxylic acids is 2. The van der Waals surface area contributed by atoms with Crippen LogP contribution >= 0.6 is 0 Å². The average Bonchev–Trinajstić information content (AvgIpc) is 3.51. The molecule has 1 saturated carbocycles. The van der Waals surface area contributed by atoms with Gasteiger partial charge in [-0.15, -0.1) is 0 Å². The second-order valence-electron chi connectivity index (χ2n) is 14.3. The molecule has 1 N–H and O–H groups in total. The highest BCUT2D eigenvalue weighted by molar-refractivity contribution is 6.13. The van der Waals surface area contributed by atoms with Gasteiger partial charge in [-0.1, -0.05) is 116 Å². The SMILES string of the molecule is C[C@@H](C1CCCCC1)N(C(=O)OCC1c2ccccc2-c2ccccc21)C(=O)c1c(CN2CCNCC2)c(-c2ccccc2)nc2ccccc12. The molecule has 4 aromatic carbocycles. The summed E-state index contributed by atoms with van der Waals surface area (Å²) in [7, 11) is 0. The molecular weight excluding hydrogens is 633 g/mol. The maximum Gasteiger partial charge on any atom is 0.417 e. The van der Waals surface area contributed by atoms with E-state index in [1.54, 1.807) is 0 Å². The van der Waals surface area contributed by atoms with E-state index in [9.17, 15) is 4.79 Å². The fourth-order valence-electron chi connectivity index (χ4n) is 8.62. The third-order valence-corrected chi connectivity index (χ3v) is 11.3. The Bertz CT molecular complexity index is 1990. The molecular formula is C44H46N4O3. The molecule has 2 aliphatic carbocycles. The zero-order valence-corrected chi connectivity index (χ0v) is 29.4. The number of carbonyl (C=O) groups is 2. The van der Waals surface area contributed by atoms with Gasteiger partial charge in [0, 0.05) is 61.2 Å². The van der Waals surface area contributed by atoms with E-state index in [-0.39, 0.29) is 30.4 Å². The van der Waals surface area contributed by atoms with Crippen LogP contribution in [0.15, 0.2) is 103 Å². The van der Waals surface area contributed by atoms with Crippen molar-refractivity contribution in [3.63, 3.8) is 0 Å². The minimum Gasteiger partial charge on any atom is -0.448 e. The van der Waals surface area contributed by atoms with E-state index in [2.05, 4.69) is 58.7 Å². The average molecular weight is 679 g/mol. The summed E-state index contributed by atoms with van der Waals surface area (Å²) in [5.74, 6) is -0.189. The van der Waals surface area contributed by atoms with E-state index >= 15 is 4.79 Å². The van der Waals surface area contributed by atoms with Crippen LogP contribution in [0.1, 0.15) is 72.0 Å². The number of nitrogens with one attached hydrogen (secondary N) is 1. The first-order valence-corrected chi connectivity index (χ1v) is 18.7. The van der Waals surface area contributed by atoms with Crippen molar-refractivity contribution in [3.05, 3.63) is 125 Å². The number of nitrogens with zero attached hydrogens (tertiary/aromatic N) is 3. The van der Waals surface area contributed by atoms with Gasteiger partial charge < -0.3 is 10.1 Å². The molecule has 2 amide bonds. The van der Waals surface area contributed by atoms with Crippen LogP contribution in [0, 0.1) is 5.92 Å². The second-order valence-corrected chi connectivity index (χ2v) is 14.3. The van der Waals surface area contributed by atoms with Crippen molar-refractivity contribution >= 4 is 22.9 Å². The standard InChI is InChI=1S/C44H46N4O3/c1-30(31-14-4-2-5-15-31)48(44(50)51-29-39-35-20-10-8-18-33(35)34-19-9-11-21-36(34)39)43(49)41-37-22-12-13-23-40(37)46-42(32-16-6-3-7-17-32)38(41)28-47-26-24-45-25-27-47/h3,6-13,16-23,30-31,39,45H,2,4-5,14-15,24-29H2,1H3/t30-/m0/s1. The maximum absolute atomic E-state index is 15.5. The molecule has 7 heteroatoms. The molecule has 1 aliphatic heterocycles. The summed E-state index contributed by atoms with van der Waals surface area (Å²) >= 11 is 0. The van der Waals surface area contributed by atoms with E-state index in [1.165, 1.54) is 22.4 Å². The number of hydrogen-bond acceptors (Lipinski definition) is 6.